The summed E-state index contributed by atoms with van der Waals surface area (Å²) < 4.78 is 6.89. The lowest BCUT2D eigenvalue weighted by Crippen LogP contribution is -2.42. The fraction of sp³-hybridized carbons (Fsp3) is 0.300. The van der Waals surface area contributed by atoms with Gasteiger partial charge in [-0.3, -0.25) is 9.59 Å². The molecule has 0 aliphatic carbocycles. The Labute approximate surface area is 162 Å². The number of methoxy groups -OCH3 is 1. The molecule has 8 nitrogen and oxygen atoms in total. The molecule has 1 aliphatic rings. The van der Waals surface area contributed by atoms with E-state index in [0.717, 1.165) is 23.4 Å². The first-order chi connectivity index (χ1) is 13.5. The van der Waals surface area contributed by atoms with Crippen LogP contribution in [0.4, 0.5) is 5.82 Å². The highest BCUT2D eigenvalue weighted by atomic mass is 16.5. The number of ether oxygens (including phenoxy) is 1. The zero-order valence-corrected chi connectivity index (χ0v) is 15.8. The minimum Gasteiger partial charge on any atom is -0.497 e. The monoisotopic (exact) mass is 379 g/mol. The summed E-state index contributed by atoms with van der Waals surface area (Å²) in [5.41, 5.74) is 2.31. The molecule has 0 spiro atoms. The summed E-state index contributed by atoms with van der Waals surface area (Å²) in [6.45, 7) is 2.10. The summed E-state index contributed by atoms with van der Waals surface area (Å²) in [5.74, 6) is 0.863. The number of aromatic nitrogens is 3. The number of anilines is 1. The average Bonchev–Trinajstić information content (AvgIpc) is 3.34. The molecule has 1 saturated heterocycles. The largest absolute Gasteiger partial charge is 0.497 e. The molecule has 1 aromatic carbocycles. The van der Waals surface area contributed by atoms with Gasteiger partial charge in [0.05, 0.1) is 19.0 Å². The van der Waals surface area contributed by atoms with Crippen molar-refractivity contribution in [2.75, 3.05) is 19.0 Å². The molecule has 3 aromatic rings. The maximum absolute atomic E-state index is 12.6. The molecule has 3 heterocycles. The standard InChI is InChI=1S/C20H21N5O3/c1-13(26)24-10-4-7-17(24)20(27)22-18-12-25-19(21-18)9-8-16(23-25)14-5-3-6-15(11-14)28-2/h3,5-6,8-9,11-12,17H,4,7,10H2,1-2H3,(H,22,27). The molecule has 0 saturated carbocycles. The van der Waals surface area contributed by atoms with Crippen LogP contribution < -0.4 is 10.1 Å². The van der Waals surface area contributed by atoms with Gasteiger partial charge in [0.25, 0.3) is 0 Å². The fourth-order valence-electron chi connectivity index (χ4n) is 3.50. The number of hydrogen-bond acceptors (Lipinski definition) is 5. The minimum absolute atomic E-state index is 0.0859. The van der Waals surface area contributed by atoms with E-state index >= 15 is 0 Å². The Morgan fingerprint density at radius 3 is 2.89 bits per heavy atom. The normalized spacial score (nSPS) is 16.4. The summed E-state index contributed by atoms with van der Waals surface area (Å²) in [6, 6.07) is 10.9. The van der Waals surface area contributed by atoms with Gasteiger partial charge >= 0.3 is 0 Å². The van der Waals surface area contributed by atoms with E-state index in [1.54, 1.807) is 22.7 Å². The van der Waals surface area contributed by atoms with Gasteiger partial charge in [-0.25, -0.2) is 9.50 Å². The molecule has 0 radical (unpaired) electrons. The maximum atomic E-state index is 12.6. The molecule has 1 atom stereocenters. The number of hydrogen-bond donors (Lipinski definition) is 1. The average molecular weight is 379 g/mol. The number of fused-ring (bicyclic) bond motifs is 1. The van der Waals surface area contributed by atoms with Crippen LogP contribution in [0.5, 0.6) is 5.75 Å². The topological polar surface area (TPSA) is 88.8 Å². The van der Waals surface area contributed by atoms with Gasteiger partial charge in [-0.2, -0.15) is 5.10 Å². The molecular formula is C20H21N5O3. The highest BCUT2D eigenvalue weighted by Crippen LogP contribution is 2.23. The van der Waals surface area contributed by atoms with E-state index < -0.39 is 6.04 Å². The second-order valence-corrected chi connectivity index (χ2v) is 6.74. The van der Waals surface area contributed by atoms with Crippen LogP contribution in [0.15, 0.2) is 42.6 Å². The molecular weight excluding hydrogens is 358 g/mol. The lowest BCUT2D eigenvalue weighted by atomic mass is 10.1. The van der Waals surface area contributed by atoms with Crippen molar-refractivity contribution in [3.05, 3.63) is 42.6 Å². The van der Waals surface area contributed by atoms with Crippen molar-refractivity contribution in [2.45, 2.75) is 25.8 Å². The first-order valence-corrected chi connectivity index (χ1v) is 9.14. The second kappa shape index (κ2) is 7.30. The molecule has 2 aromatic heterocycles. The molecule has 4 rings (SSSR count). The third kappa shape index (κ3) is 3.40. The van der Waals surface area contributed by atoms with Crippen LogP contribution >= 0.6 is 0 Å². The Morgan fingerprint density at radius 2 is 2.11 bits per heavy atom. The van der Waals surface area contributed by atoms with Crippen LogP contribution in [0.2, 0.25) is 0 Å². The highest BCUT2D eigenvalue weighted by molar-refractivity contribution is 5.96. The molecule has 0 bridgehead atoms. The Balaban J connectivity index is 1.56. The molecule has 2 amide bonds. The van der Waals surface area contributed by atoms with Crippen molar-refractivity contribution in [3.63, 3.8) is 0 Å². The fourth-order valence-corrected chi connectivity index (χ4v) is 3.50. The number of benzene rings is 1. The Hall–Kier alpha value is -3.42. The molecule has 1 unspecified atom stereocenters. The quantitative estimate of drug-likeness (QED) is 0.752. The number of nitrogens with one attached hydrogen (secondary N) is 1. The maximum Gasteiger partial charge on any atom is 0.248 e. The number of likely N-dealkylation sites (tertiary alicyclic amines) is 1. The third-order valence-electron chi connectivity index (χ3n) is 4.90. The van der Waals surface area contributed by atoms with Gasteiger partial charge in [-0.05, 0) is 37.1 Å². The summed E-state index contributed by atoms with van der Waals surface area (Å²) in [7, 11) is 1.62. The number of rotatable bonds is 4. The lowest BCUT2D eigenvalue weighted by Gasteiger charge is -2.21. The first kappa shape index (κ1) is 18.0. The number of carbonyl (C=O) groups is 2. The van der Waals surface area contributed by atoms with Crippen molar-refractivity contribution < 1.29 is 14.3 Å². The van der Waals surface area contributed by atoms with E-state index in [1.165, 1.54) is 6.92 Å². The smallest absolute Gasteiger partial charge is 0.248 e. The van der Waals surface area contributed by atoms with Gasteiger partial charge in [0.15, 0.2) is 11.5 Å². The molecule has 1 N–H and O–H groups in total. The van der Waals surface area contributed by atoms with Crippen molar-refractivity contribution in [1.82, 2.24) is 19.5 Å². The second-order valence-electron chi connectivity index (χ2n) is 6.74. The highest BCUT2D eigenvalue weighted by Gasteiger charge is 2.32. The number of imidazole rings is 1. The summed E-state index contributed by atoms with van der Waals surface area (Å²) in [5, 5.41) is 7.38. The van der Waals surface area contributed by atoms with E-state index in [4.69, 9.17) is 4.74 Å². The summed E-state index contributed by atoms with van der Waals surface area (Å²) in [6.07, 6.45) is 3.16. The molecule has 144 valence electrons. The van der Waals surface area contributed by atoms with Crippen molar-refractivity contribution in [3.8, 4) is 17.0 Å². The SMILES string of the molecule is COc1cccc(-c2ccc3nc(NC(=O)C4CCCN4C(C)=O)cn3n2)c1. The summed E-state index contributed by atoms with van der Waals surface area (Å²) in [4.78, 5) is 30.3. The van der Waals surface area contributed by atoms with E-state index in [1.807, 2.05) is 36.4 Å². The summed E-state index contributed by atoms with van der Waals surface area (Å²) >= 11 is 0. The van der Waals surface area contributed by atoms with Gasteiger partial charge in [0.1, 0.15) is 11.8 Å². The van der Waals surface area contributed by atoms with E-state index in [9.17, 15) is 9.59 Å². The van der Waals surface area contributed by atoms with Crippen molar-refractivity contribution in [1.29, 1.82) is 0 Å². The van der Waals surface area contributed by atoms with Gasteiger partial charge < -0.3 is 15.0 Å². The predicted octanol–water partition coefficient (Wildman–Crippen LogP) is 2.35. The minimum atomic E-state index is -0.442. The van der Waals surface area contributed by atoms with Gasteiger partial charge in [0, 0.05) is 19.0 Å². The lowest BCUT2D eigenvalue weighted by molar-refractivity contribution is -0.134. The van der Waals surface area contributed by atoms with Crippen LogP contribution in [-0.4, -0.2) is 51.0 Å². The third-order valence-corrected chi connectivity index (χ3v) is 4.90. The number of carbonyl (C=O) groups excluding carboxylic acids is 2. The van der Waals surface area contributed by atoms with Crippen LogP contribution in [-0.2, 0) is 9.59 Å². The zero-order valence-electron chi connectivity index (χ0n) is 15.8. The molecule has 28 heavy (non-hydrogen) atoms. The number of nitrogens with zero attached hydrogens (tertiary/aromatic N) is 4. The van der Waals surface area contributed by atoms with Crippen LogP contribution in [0.3, 0.4) is 0 Å². The molecule has 1 fully saturated rings. The van der Waals surface area contributed by atoms with Crippen molar-refractivity contribution in [2.24, 2.45) is 0 Å². The van der Waals surface area contributed by atoms with Gasteiger partial charge in [-0.15, -0.1) is 0 Å². The Morgan fingerprint density at radius 1 is 1.25 bits per heavy atom. The van der Waals surface area contributed by atoms with Crippen LogP contribution in [0.1, 0.15) is 19.8 Å². The first-order valence-electron chi connectivity index (χ1n) is 9.14. The predicted molar refractivity (Wildman–Crippen MR) is 104 cm³/mol. The van der Waals surface area contributed by atoms with Crippen LogP contribution in [0, 0.1) is 0 Å². The van der Waals surface area contributed by atoms with E-state index in [0.29, 0.717) is 24.4 Å². The van der Waals surface area contributed by atoms with Gasteiger partial charge in [-0.1, -0.05) is 12.1 Å². The van der Waals surface area contributed by atoms with E-state index in [-0.39, 0.29) is 11.8 Å². The molecule has 1 aliphatic heterocycles. The Bertz CT molecular complexity index is 1050. The van der Waals surface area contributed by atoms with Crippen LogP contribution in [0.25, 0.3) is 16.9 Å². The van der Waals surface area contributed by atoms with E-state index in [2.05, 4.69) is 15.4 Å². The molecule has 8 heteroatoms. The van der Waals surface area contributed by atoms with Gasteiger partial charge in [0.2, 0.25) is 11.8 Å². The number of amides is 2. The zero-order chi connectivity index (χ0) is 19.7. The Kier molecular flexibility index (Phi) is 4.68. The van der Waals surface area contributed by atoms with Crippen molar-refractivity contribution >= 4 is 23.3 Å².